The first-order valence-electron chi connectivity index (χ1n) is 9.77. The minimum atomic E-state index is -4.48. The molecule has 0 radical (unpaired) electrons. The highest BCUT2D eigenvalue weighted by Gasteiger charge is 2.39. The second kappa shape index (κ2) is 7.86. The van der Waals surface area contributed by atoms with Crippen molar-refractivity contribution in [1.29, 1.82) is 0 Å². The van der Waals surface area contributed by atoms with Crippen LogP contribution in [-0.4, -0.2) is 53.1 Å². The van der Waals surface area contributed by atoms with Crippen LogP contribution in [0.5, 0.6) is 11.9 Å². The predicted molar refractivity (Wildman–Crippen MR) is 104 cm³/mol. The summed E-state index contributed by atoms with van der Waals surface area (Å²) in [6.07, 6.45) is -3.02. The number of aromatic nitrogens is 3. The van der Waals surface area contributed by atoms with Gasteiger partial charge < -0.3 is 19.3 Å². The monoisotopic (exact) mass is 437 g/mol. The van der Waals surface area contributed by atoms with E-state index in [1.165, 1.54) is 14.2 Å². The van der Waals surface area contributed by atoms with Gasteiger partial charge in [0.1, 0.15) is 5.69 Å². The molecule has 0 saturated carbocycles. The number of carbonyl (C=O) groups is 1. The van der Waals surface area contributed by atoms with Crippen molar-refractivity contribution in [2.45, 2.75) is 32.1 Å². The molecular weight excluding hydrogens is 415 g/mol. The summed E-state index contributed by atoms with van der Waals surface area (Å²) in [4.78, 5) is 28.4. The zero-order valence-electron chi connectivity index (χ0n) is 17.3. The SMILES string of the molecule is COc1nc2c(c(OC)n1)C(C)N(C(=O)CC1CN(c3ccnc(C(F)(F)F)c3)C1)C2. The molecule has 166 valence electrons. The molecule has 1 fully saturated rings. The Morgan fingerprint density at radius 2 is 1.97 bits per heavy atom. The van der Waals surface area contributed by atoms with Crippen molar-refractivity contribution in [2.75, 3.05) is 32.2 Å². The third-order valence-electron chi connectivity index (χ3n) is 5.69. The van der Waals surface area contributed by atoms with Gasteiger partial charge >= 0.3 is 12.2 Å². The minimum Gasteiger partial charge on any atom is -0.481 e. The quantitative estimate of drug-likeness (QED) is 0.712. The van der Waals surface area contributed by atoms with E-state index in [9.17, 15) is 18.0 Å². The lowest BCUT2D eigenvalue weighted by atomic mass is 9.94. The van der Waals surface area contributed by atoms with Crippen LogP contribution in [0.1, 0.15) is 36.3 Å². The molecule has 2 aromatic rings. The Morgan fingerprint density at radius 1 is 1.23 bits per heavy atom. The summed E-state index contributed by atoms with van der Waals surface area (Å²) in [6, 6.07) is 2.52. The zero-order valence-corrected chi connectivity index (χ0v) is 17.3. The van der Waals surface area contributed by atoms with E-state index in [1.54, 1.807) is 11.0 Å². The molecular formula is C20H22F3N5O3. The Hall–Kier alpha value is -3.11. The van der Waals surface area contributed by atoms with Crippen molar-refractivity contribution in [3.63, 3.8) is 0 Å². The number of nitrogens with zero attached hydrogens (tertiary/aromatic N) is 5. The van der Waals surface area contributed by atoms with Crippen LogP contribution in [0.25, 0.3) is 0 Å². The third-order valence-corrected chi connectivity index (χ3v) is 5.69. The van der Waals surface area contributed by atoms with Crippen LogP contribution < -0.4 is 14.4 Å². The fourth-order valence-electron chi connectivity index (χ4n) is 4.06. The van der Waals surface area contributed by atoms with E-state index in [0.29, 0.717) is 43.3 Å². The number of rotatable bonds is 5. The molecule has 1 amide bonds. The molecule has 2 aliphatic heterocycles. The van der Waals surface area contributed by atoms with Gasteiger partial charge in [-0.15, -0.1) is 0 Å². The van der Waals surface area contributed by atoms with Gasteiger partial charge in [-0.05, 0) is 19.1 Å². The van der Waals surface area contributed by atoms with Gasteiger partial charge in [0.25, 0.3) is 0 Å². The summed E-state index contributed by atoms with van der Waals surface area (Å²) < 4.78 is 49.1. The summed E-state index contributed by atoms with van der Waals surface area (Å²) in [5, 5.41) is 0. The average Bonchev–Trinajstić information content (AvgIpc) is 3.05. The smallest absolute Gasteiger partial charge is 0.433 e. The standard InChI is InChI=1S/C20H22F3N5O3/c1-11-17-14(25-19(31-3)26-18(17)30-2)10-28(11)16(29)6-12-8-27(9-12)13-4-5-24-15(7-13)20(21,22)23/h4-5,7,11-12H,6,8-10H2,1-3H3. The average molecular weight is 437 g/mol. The van der Waals surface area contributed by atoms with E-state index >= 15 is 0 Å². The van der Waals surface area contributed by atoms with Crippen LogP contribution in [0.3, 0.4) is 0 Å². The Balaban J connectivity index is 1.38. The Bertz CT molecular complexity index is 995. The first-order chi connectivity index (χ1) is 14.7. The number of alkyl halides is 3. The molecule has 31 heavy (non-hydrogen) atoms. The van der Waals surface area contributed by atoms with Crippen LogP contribution in [0.2, 0.25) is 0 Å². The third kappa shape index (κ3) is 3.96. The molecule has 1 atom stereocenters. The van der Waals surface area contributed by atoms with E-state index in [2.05, 4.69) is 15.0 Å². The first kappa shape index (κ1) is 21.1. The van der Waals surface area contributed by atoms with Gasteiger partial charge in [0, 0.05) is 37.3 Å². The van der Waals surface area contributed by atoms with E-state index in [4.69, 9.17) is 9.47 Å². The van der Waals surface area contributed by atoms with Crippen molar-refractivity contribution < 1.29 is 27.4 Å². The molecule has 2 aromatic heterocycles. The number of pyridine rings is 1. The second-order valence-corrected chi connectivity index (χ2v) is 7.65. The van der Waals surface area contributed by atoms with Gasteiger partial charge in [0.05, 0.1) is 38.1 Å². The van der Waals surface area contributed by atoms with Crippen molar-refractivity contribution >= 4 is 11.6 Å². The maximum atomic E-state index is 12.9. The number of anilines is 1. The molecule has 4 heterocycles. The number of amides is 1. The summed E-state index contributed by atoms with van der Waals surface area (Å²) >= 11 is 0. The Labute approximate surface area is 177 Å². The maximum Gasteiger partial charge on any atom is 0.433 e. The zero-order chi connectivity index (χ0) is 22.3. The van der Waals surface area contributed by atoms with E-state index in [1.807, 2.05) is 11.8 Å². The Morgan fingerprint density at radius 3 is 2.61 bits per heavy atom. The molecule has 0 N–H and O–H groups in total. The Kier molecular flexibility index (Phi) is 5.36. The molecule has 0 aliphatic carbocycles. The topological polar surface area (TPSA) is 80.7 Å². The highest BCUT2D eigenvalue weighted by atomic mass is 19.4. The number of hydrogen-bond donors (Lipinski definition) is 0. The lowest BCUT2D eigenvalue weighted by Crippen LogP contribution is -2.48. The van der Waals surface area contributed by atoms with Gasteiger partial charge in [-0.1, -0.05) is 0 Å². The summed E-state index contributed by atoms with van der Waals surface area (Å²) in [7, 11) is 2.97. The fourth-order valence-corrected chi connectivity index (χ4v) is 4.06. The van der Waals surface area contributed by atoms with Crippen LogP contribution >= 0.6 is 0 Å². The molecule has 0 spiro atoms. The summed E-state index contributed by atoms with van der Waals surface area (Å²) in [5.74, 6) is 0.410. The van der Waals surface area contributed by atoms with Crippen LogP contribution in [0, 0.1) is 5.92 Å². The number of ether oxygens (including phenoxy) is 2. The number of carbonyl (C=O) groups excluding carboxylic acids is 1. The summed E-state index contributed by atoms with van der Waals surface area (Å²) in [5.41, 5.74) is 0.998. The highest BCUT2D eigenvalue weighted by molar-refractivity contribution is 5.78. The van der Waals surface area contributed by atoms with Gasteiger partial charge in [-0.2, -0.15) is 23.1 Å². The summed E-state index contributed by atoms with van der Waals surface area (Å²) in [6.45, 7) is 3.25. The molecule has 1 saturated heterocycles. The van der Waals surface area contributed by atoms with Gasteiger partial charge in [-0.3, -0.25) is 9.78 Å². The van der Waals surface area contributed by atoms with E-state index < -0.39 is 11.9 Å². The van der Waals surface area contributed by atoms with Crippen molar-refractivity contribution in [1.82, 2.24) is 19.9 Å². The van der Waals surface area contributed by atoms with Crippen molar-refractivity contribution in [3.05, 3.63) is 35.3 Å². The van der Waals surface area contributed by atoms with Gasteiger partial charge in [0.2, 0.25) is 11.8 Å². The first-order valence-corrected chi connectivity index (χ1v) is 9.77. The minimum absolute atomic E-state index is 0.0399. The number of hydrogen-bond acceptors (Lipinski definition) is 7. The molecule has 1 unspecified atom stereocenters. The van der Waals surface area contributed by atoms with Crippen LogP contribution in [0.15, 0.2) is 18.3 Å². The van der Waals surface area contributed by atoms with Crippen LogP contribution in [0.4, 0.5) is 18.9 Å². The molecule has 2 aliphatic rings. The molecule has 0 bridgehead atoms. The molecule has 0 aromatic carbocycles. The highest BCUT2D eigenvalue weighted by Crippen LogP contribution is 2.40. The lowest BCUT2D eigenvalue weighted by Gasteiger charge is -2.41. The molecule has 8 nitrogen and oxygen atoms in total. The largest absolute Gasteiger partial charge is 0.481 e. The van der Waals surface area contributed by atoms with Gasteiger partial charge in [0.15, 0.2) is 0 Å². The lowest BCUT2D eigenvalue weighted by molar-refractivity contribution is -0.141. The molecule has 11 heteroatoms. The fraction of sp³-hybridized carbons (Fsp3) is 0.500. The van der Waals surface area contributed by atoms with Gasteiger partial charge in [-0.25, -0.2) is 0 Å². The maximum absolute atomic E-state index is 12.9. The number of halogens is 3. The normalized spacial score (nSPS) is 18.6. The molecule has 4 rings (SSSR count). The van der Waals surface area contributed by atoms with E-state index in [0.717, 1.165) is 17.8 Å². The number of fused-ring (bicyclic) bond motifs is 1. The van der Waals surface area contributed by atoms with Crippen LogP contribution in [-0.2, 0) is 17.5 Å². The van der Waals surface area contributed by atoms with Crippen molar-refractivity contribution in [3.8, 4) is 11.9 Å². The van der Waals surface area contributed by atoms with Crippen molar-refractivity contribution in [2.24, 2.45) is 5.92 Å². The van der Waals surface area contributed by atoms with E-state index in [-0.39, 0.29) is 23.9 Å². The second-order valence-electron chi connectivity index (χ2n) is 7.65. The predicted octanol–water partition coefficient (Wildman–Crippen LogP) is 2.84. The number of methoxy groups -OCH3 is 2.